The summed E-state index contributed by atoms with van der Waals surface area (Å²) in [7, 11) is 0. The predicted molar refractivity (Wildman–Crippen MR) is 130 cm³/mol. The minimum absolute atomic E-state index is 0.00642. The molecule has 2 rings (SSSR count). The summed E-state index contributed by atoms with van der Waals surface area (Å²) in [5.41, 5.74) is 6.51. The molecule has 0 aromatic heterocycles. The Morgan fingerprint density at radius 1 is 1.03 bits per heavy atom. The second kappa shape index (κ2) is 13.8. The average molecular weight is 506 g/mol. The first-order valence-corrected chi connectivity index (χ1v) is 11.6. The number of rotatable bonds is 10. The lowest BCUT2D eigenvalue weighted by molar-refractivity contribution is -0.121. The number of carbonyl (C=O) groups is 2. The highest BCUT2D eigenvalue weighted by atomic mass is 79.9. The second-order valence-corrected chi connectivity index (χ2v) is 8.32. The van der Waals surface area contributed by atoms with Crippen LogP contribution in [-0.2, 0) is 11.2 Å². The molecule has 166 valence electrons. The summed E-state index contributed by atoms with van der Waals surface area (Å²) in [4.78, 5) is 24.7. The number of unbranched alkanes of at least 4 members (excludes halogenated alkanes) is 3. The van der Waals surface area contributed by atoms with E-state index in [1.807, 2.05) is 36.4 Å². The number of hydrogen-bond donors (Lipinski definition) is 3. The van der Waals surface area contributed by atoms with Gasteiger partial charge in [0.05, 0.1) is 12.2 Å². The van der Waals surface area contributed by atoms with Gasteiger partial charge in [0.1, 0.15) is 5.75 Å². The lowest BCUT2D eigenvalue weighted by atomic mass is 10.1. The molecule has 0 spiro atoms. The van der Waals surface area contributed by atoms with Crippen molar-refractivity contribution in [1.29, 1.82) is 0 Å². The van der Waals surface area contributed by atoms with E-state index in [0.717, 1.165) is 35.7 Å². The number of hydrogen-bond acceptors (Lipinski definition) is 4. The first-order chi connectivity index (χ1) is 15.0. The average Bonchev–Trinajstić information content (AvgIpc) is 2.77. The molecular weight excluding hydrogens is 478 g/mol. The van der Waals surface area contributed by atoms with Crippen molar-refractivity contribution in [3.05, 3.63) is 64.1 Å². The first-order valence-electron chi connectivity index (χ1n) is 10.4. The van der Waals surface area contributed by atoms with Gasteiger partial charge in [-0.15, -0.1) is 0 Å². The maximum atomic E-state index is 12.7. The molecule has 0 radical (unpaired) electrons. The largest absolute Gasteiger partial charge is 0.493 e. The van der Waals surface area contributed by atoms with E-state index in [0.29, 0.717) is 30.8 Å². The first kappa shape index (κ1) is 24.8. The number of benzene rings is 2. The van der Waals surface area contributed by atoms with Crippen LogP contribution >= 0.6 is 28.1 Å². The van der Waals surface area contributed by atoms with Crippen LogP contribution in [0.1, 0.15) is 54.9 Å². The Morgan fingerprint density at radius 3 is 2.55 bits per heavy atom. The molecule has 8 heteroatoms. The molecule has 31 heavy (non-hydrogen) atoms. The smallest absolute Gasteiger partial charge is 0.261 e. The SMILES string of the molecule is CCCCCCOc1ccc(Br)cc1C(=O)NC(=S)NNC(=O)CCc1ccccc1. The van der Waals surface area contributed by atoms with Crippen molar-refractivity contribution in [2.75, 3.05) is 6.61 Å². The summed E-state index contributed by atoms with van der Waals surface area (Å²) < 4.78 is 6.55. The number of thiocarbonyl (C=S) groups is 1. The van der Waals surface area contributed by atoms with Crippen LogP contribution in [0.5, 0.6) is 5.75 Å². The Balaban J connectivity index is 1.81. The van der Waals surface area contributed by atoms with E-state index >= 15 is 0 Å². The quantitative estimate of drug-likeness (QED) is 0.248. The fourth-order valence-electron chi connectivity index (χ4n) is 2.81. The van der Waals surface area contributed by atoms with E-state index in [-0.39, 0.29) is 11.0 Å². The molecule has 0 saturated carbocycles. The number of hydrazine groups is 1. The van der Waals surface area contributed by atoms with Crippen LogP contribution in [0.25, 0.3) is 0 Å². The Bertz CT molecular complexity index is 878. The molecule has 0 aliphatic carbocycles. The van der Waals surface area contributed by atoms with Crippen molar-refractivity contribution in [2.24, 2.45) is 0 Å². The standard InChI is InChI=1S/C23H28BrN3O3S/c1-2-3-4-8-15-30-20-13-12-18(24)16-19(20)22(29)25-23(31)27-26-21(28)14-11-17-9-6-5-7-10-17/h5-7,9-10,12-13,16H,2-4,8,11,14-15H2,1H3,(H,26,28)(H2,25,27,29,31). The molecule has 0 saturated heterocycles. The third kappa shape index (κ3) is 9.48. The summed E-state index contributed by atoms with van der Waals surface area (Å²) in [5.74, 6) is -0.146. The van der Waals surface area contributed by atoms with Gasteiger partial charge in [-0.2, -0.15) is 0 Å². The molecule has 0 fully saturated rings. The van der Waals surface area contributed by atoms with Gasteiger partial charge in [-0.25, -0.2) is 0 Å². The number of nitrogens with one attached hydrogen (secondary N) is 3. The van der Waals surface area contributed by atoms with Crippen molar-refractivity contribution in [3.8, 4) is 5.75 Å². The zero-order valence-corrected chi connectivity index (χ0v) is 20.0. The van der Waals surface area contributed by atoms with Crippen molar-refractivity contribution < 1.29 is 14.3 Å². The van der Waals surface area contributed by atoms with E-state index in [9.17, 15) is 9.59 Å². The predicted octanol–water partition coefficient (Wildman–Crippen LogP) is 4.68. The van der Waals surface area contributed by atoms with E-state index in [2.05, 4.69) is 39.0 Å². The maximum Gasteiger partial charge on any atom is 0.261 e. The molecular formula is C23H28BrN3O3S. The highest BCUT2D eigenvalue weighted by Gasteiger charge is 2.15. The zero-order chi connectivity index (χ0) is 22.5. The summed E-state index contributed by atoms with van der Waals surface area (Å²) in [6.45, 7) is 2.70. The second-order valence-electron chi connectivity index (χ2n) is 6.99. The normalized spacial score (nSPS) is 10.3. The van der Waals surface area contributed by atoms with Gasteiger partial charge < -0.3 is 4.74 Å². The van der Waals surface area contributed by atoms with Gasteiger partial charge in [-0.1, -0.05) is 72.4 Å². The van der Waals surface area contributed by atoms with Crippen LogP contribution < -0.4 is 20.9 Å². The van der Waals surface area contributed by atoms with E-state index in [1.165, 1.54) is 0 Å². The number of aryl methyl sites for hydroxylation is 1. The maximum absolute atomic E-state index is 12.7. The topological polar surface area (TPSA) is 79.5 Å². The molecule has 2 amide bonds. The molecule has 0 bridgehead atoms. The Hall–Kier alpha value is -2.45. The van der Waals surface area contributed by atoms with Crippen LogP contribution in [0.4, 0.5) is 0 Å². The molecule has 2 aromatic rings. The van der Waals surface area contributed by atoms with E-state index in [4.69, 9.17) is 17.0 Å². The van der Waals surface area contributed by atoms with Crippen LogP contribution in [0.2, 0.25) is 0 Å². The summed E-state index contributed by atoms with van der Waals surface area (Å²) >= 11 is 8.51. The number of halogens is 1. The third-order valence-electron chi connectivity index (χ3n) is 4.47. The van der Waals surface area contributed by atoms with Crippen LogP contribution in [0.3, 0.4) is 0 Å². The molecule has 0 unspecified atom stereocenters. The molecule has 3 N–H and O–H groups in total. The molecule has 0 aliphatic heterocycles. The highest BCUT2D eigenvalue weighted by Crippen LogP contribution is 2.23. The monoisotopic (exact) mass is 505 g/mol. The fraction of sp³-hybridized carbons (Fsp3) is 0.348. The third-order valence-corrected chi connectivity index (χ3v) is 5.17. The summed E-state index contributed by atoms with van der Waals surface area (Å²) in [6.07, 6.45) is 5.25. The minimum Gasteiger partial charge on any atom is -0.493 e. The van der Waals surface area contributed by atoms with Crippen LogP contribution in [0.15, 0.2) is 53.0 Å². The van der Waals surface area contributed by atoms with Gasteiger partial charge in [0.15, 0.2) is 5.11 Å². The van der Waals surface area contributed by atoms with Gasteiger partial charge in [-0.05, 0) is 48.8 Å². The zero-order valence-electron chi connectivity index (χ0n) is 17.6. The Kier molecular flexibility index (Phi) is 11.0. The summed E-state index contributed by atoms with van der Waals surface area (Å²) in [6, 6.07) is 15.0. The van der Waals surface area contributed by atoms with Gasteiger partial charge in [0.25, 0.3) is 5.91 Å². The molecule has 0 aliphatic rings. The van der Waals surface area contributed by atoms with Gasteiger partial charge in [0, 0.05) is 10.9 Å². The Labute approximate surface area is 197 Å². The van der Waals surface area contributed by atoms with Gasteiger partial charge >= 0.3 is 0 Å². The Morgan fingerprint density at radius 2 is 1.81 bits per heavy atom. The molecule has 2 aromatic carbocycles. The van der Waals surface area contributed by atoms with Crippen LogP contribution in [0, 0.1) is 0 Å². The summed E-state index contributed by atoms with van der Waals surface area (Å²) in [5, 5.41) is 2.58. The minimum atomic E-state index is -0.416. The van der Waals surface area contributed by atoms with Crippen molar-refractivity contribution >= 4 is 45.1 Å². The lowest BCUT2D eigenvalue weighted by Gasteiger charge is -2.14. The van der Waals surface area contributed by atoms with Crippen molar-refractivity contribution in [3.63, 3.8) is 0 Å². The van der Waals surface area contributed by atoms with E-state index < -0.39 is 5.91 Å². The molecule has 0 heterocycles. The van der Waals surface area contributed by atoms with Gasteiger partial charge in [-0.3, -0.25) is 25.8 Å². The fourth-order valence-corrected chi connectivity index (χ4v) is 3.31. The van der Waals surface area contributed by atoms with Crippen LogP contribution in [-0.4, -0.2) is 23.5 Å². The van der Waals surface area contributed by atoms with Gasteiger partial charge in [0.2, 0.25) is 5.91 Å². The lowest BCUT2D eigenvalue weighted by Crippen LogP contribution is -2.48. The molecule has 6 nitrogen and oxygen atoms in total. The number of ether oxygens (including phenoxy) is 1. The molecule has 0 atom stereocenters. The van der Waals surface area contributed by atoms with E-state index in [1.54, 1.807) is 12.1 Å². The highest BCUT2D eigenvalue weighted by molar-refractivity contribution is 9.10. The van der Waals surface area contributed by atoms with Crippen molar-refractivity contribution in [2.45, 2.75) is 45.4 Å². The van der Waals surface area contributed by atoms with Crippen molar-refractivity contribution in [1.82, 2.24) is 16.2 Å². The number of amides is 2. The number of carbonyl (C=O) groups excluding carboxylic acids is 2.